The van der Waals surface area contributed by atoms with E-state index in [0.29, 0.717) is 0 Å². The van der Waals surface area contributed by atoms with Crippen LogP contribution in [0, 0.1) is 0 Å². The Morgan fingerprint density at radius 1 is 0.288 bits per heavy atom. The molecule has 10 aromatic rings. The molecule has 0 radical (unpaired) electrons. The summed E-state index contributed by atoms with van der Waals surface area (Å²) in [5.41, 5.74) is 24.6. The van der Waals surface area contributed by atoms with Crippen LogP contribution in [0.25, 0.3) is 66.8 Å². The molecule has 0 fully saturated rings. The number of hydrogen-bond donors (Lipinski definition) is 0. The van der Waals surface area contributed by atoms with Gasteiger partial charge in [0.15, 0.2) is 0 Å². The third-order valence-corrected chi connectivity index (χ3v) is 14.6. The van der Waals surface area contributed by atoms with Crippen LogP contribution in [-0.2, 0) is 10.8 Å². The molecule has 0 N–H and O–H groups in total. The summed E-state index contributed by atoms with van der Waals surface area (Å²) in [6.07, 6.45) is 0. The fraction of sp³-hybridized carbons (Fsp3) is 0.0769. The monoisotopic (exact) mass is 843 g/mol. The summed E-state index contributed by atoms with van der Waals surface area (Å²) >= 11 is 0. The van der Waals surface area contributed by atoms with E-state index in [0.717, 1.165) is 17.1 Å². The zero-order valence-electron chi connectivity index (χ0n) is 37.5. The van der Waals surface area contributed by atoms with E-state index in [1.165, 1.54) is 94.6 Å². The molecule has 0 aromatic heterocycles. The van der Waals surface area contributed by atoms with Crippen molar-refractivity contribution in [3.63, 3.8) is 0 Å². The predicted molar refractivity (Wildman–Crippen MR) is 278 cm³/mol. The highest BCUT2D eigenvalue weighted by Crippen LogP contribution is 2.55. The molecule has 10 aromatic carbocycles. The minimum absolute atomic E-state index is 0.107. The molecular weight excluding hydrogens is 795 g/mol. The number of hydrogen-bond acceptors (Lipinski definition) is 1. The van der Waals surface area contributed by atoms with Gasteiger partial charge in [-0.05, 0) is 132 Å². The number of rotatable bonds is 8. The average molecular weight is 844 g/mol. The number of nitrogens with zero attached hydrogens (tertiary/aromatic N) is 1. The molecule has 1 atom stereocenters. The van der Waals surface area contributed by atoms with Crippen LogP contribution < -0.4 is 4.90 Å². The number of anilines is 3. The van der Waals surface area contributed by atoms with Crippen molar-refractivity contribution >= 4 is 17.1 Å². The van der Waals surface area contributed by atoms with E-state index in [1.54, 1.807) is 0 Å². The van der Waals surface area contributed by atoms with E-state index in [-0.39, 0.29) is 10.8 Å². The van der Waals surface area contributed by atoms with Gasteiger partial charge in [-0.3, -0.25) is 0 Å². The van der Waals surface area contributed by atoms with Gasteiger partial charge in [0.2, 0.25) is 0 Å². The molecule has 314 valence electrons. The van der Waals surface area contributed by atoms with E-state index >= 15 is 0 Å². The molecule has 0 saturated carbocycles. The number of fused-ring (bicyclic) bond motifs is 6. The SMILES string of the molecule is CC1(C)c2ccccc2-c2c(-c3ccccc3N(c3ccc(-c4ccc5c(c4)-c4ccccc4C5(C)c4ccccc4)cc3)c3ccc(-c4ccccc4)c(-c4ccccc4)c3)cccc21. The molecule has 0 bridgehead atoms. The van der Waals surface area contributed by atoms with Crippen LogP contribution >= 0.6 is 0 Å². The van der Waals surface area contributed by atoms with Crippen LogP contribution in [0.5, 0.6) is 0 Å². The molecule has 0 amide bonds. The van der Waals surface area contributed by atoms with Crippen LogP contribution in [0.2, 0.25) is 0 Å². The van der Waals surface area contributed by atoms with Crippen molar-refractivity contribution in [2.45, 2.75) is 31.6 Å². The molecule has 12 rings (SSSR count). The predicted octanol–water partition coefficient (Wildman–Crippen LogP) is 17.5. The van der Waals surface area contributed by atoms with Gasteiger partial charge in [0.1, 0.15) is 0 Å². The summed E-state index contributed by atoms with van der Waals surface area (Å²) in [4.78, 5) is 2.47. The lowest BCUT2D eigenvalue weighted by Crippen LogP contribution is -2.22. The van der Waals surface area contributed by atoms with Gasteiger partial charge >= 0.3 is 0 Å². The third kappa shape index (κ3) is 6.22. The third-order valence-electron chi connectivity index (χ3n) is 14.6. The first kappa shape index (κ1) is 39.6. The molecule has 2 aliphatic carbocycles. The fourth-order valence-electron chi connectivity index (χ4n) is 11.3. The maximum Gasteiger partial charge on any atom is 0.0540 e. The summed E-state index contributed by atoms with van der Waals surface area (Å²) in [7, 11) is 0. The number of benzene rings is 10. The van der Waals surface area contributed by atoms with Gasteiger partial charge in [0.05, 0.1) is 5.69 Å². The van der Waals surface area contributed by atoms with E-state index in [9.17, 15) is 0 Å². The Bertz CT molecular complexity index is 3440. The molecule has 1 heteroatoms. The molecule has 0 saturated heterocycles. The van der Waals surface area contributed by atoms with Gasteiger partial charge in [-0.25, -0.2) is 0 Å². The summed E-state index contributed by atoms with van der Waals surface area (Å²) in [6.45, 7) is 7.11. The van der Waals surface area contributed by atoms with Crippen molar-refractivity contribution in [2.24, 2.45) is 0 Å². The Morgan fingerprint density at radius 3 is 1.55 bits per heavy atom. The van der Waals surface area contributed by atoms with E-state index in [1.807, 2.05) is 0 Å². The van der Waals surface area contributed by atoms with Crippen LogP contribution in [0.15, 0.2) is 243 Å². The average Bonchev–Trinajstić information content (AvgIpc) is 3.79. The summed E-state index contributed by atoms with van der Waals surface area (Å²) < 4.78 is 0. The standard InChI is InChI=1S/C65H49N/c1-64(2)58-30-16-14-28-55(58)63-54(29-19-32-61(63)64)53-27-15-18-33-62(53)66(50-39-40-51(45-20-7-4-8-21-45)56(43-50)46-22-9-5-10-23-46)49-37-34-44(35-38-49)47-36-41-60-57(42-47)52-26-13-17-31-59(52)65(60,3)48-24-11-6-12-25-48/h4-43H,1-3H3. The molecule has 2 aliphatic rings. The van der Waals surface area contributed by atoms with Crippen LogP contribution in [0.4, 0.5) is 17.1 Å². The molecule has 0 spiro atoms. The number of para-hydroxylation sites is 1. The van der Waals surface area contributed by atoms with Crippen LogP contribution in [0.3, 0.4) is 0 Å². The minimum atomic E-state index is -0.227. The van der Waals surface area contributed by atoms with Crippen molar-refractivity contribution in [2.75, 3.05) is 4.90 Å². The molecule has 1 unspecified atom stereocenters. The summed E-state index contributed by atoms with van der Waals surface area (Å²) in [5.74, 6) is 0. The zero-order chi connectivity index (χ0) is 44.4. The first-order valence-electron chi connectivity index (χ1n) is 23.2. The Balaban J connectivity index is 1.03. The Labute approximate surface area is 389 Å². The van der Waals surface area contributed by atoms with Gasteiger partial charge in [0, 0.05) is 27.8 Å². The second-order valence-corrected chi connectivity index (χ2v) is 18.6. The van der Waals surface area contributed by atoms with Gasteiger partial charge in [-0.2, -0.15) is 0 Å². The van der Waals surface area contributed by atoms with E-state index in [2.05, 4.69) is 268 Å². The van der Waals surface area contributed by atoms with E-state index < -0.39 is 0 Å². The van der Waals surface area contributed by atoms with Crippen molar-refractivity contribution in [3.05, 3.63) is 270 Å². The summed E-state index contributed by atoms with van der Waals surface area (Å²) in [5, 5.41) is 0. The summed E-state index contributed by atoms with van der Waals surface area (Å²) in [6, 6.07) is 89.6. The van der Waals surface area contributed by atoms with Crippen molar-refractivity contribution in [1.29, 1.82) is 0 Å². The quantitative estimate of drug-likeness (QED) is 0.147. The molecule has 0 aliphatic heterocycles. The smallest absolute Gasteiger partial charge is 0.0540 e. The fourth-order valence-corrected chi connectivity index (χ4v) is 11.3. The van der Waals surface area contributed by atoms with Gasteiger partial charge in [-0.15, -0.1) is 0 Å². The highest BCUT2D eigenvalue weighted by molar-refractivity contribution is 5.99. The maximum atomic E-state index is 2.47. The van der Waals surface area contributed by atoms with Crippen molar-refractivity contribution in [1.82, 2.24) is 0 Å². The molecule has 0 heterocycles. The normalized spacial score (nSPS) is 15.1. The second kappa shape index (κ2) is 15.6. The second-order valence-electron chi connectivity index (χ2n) is 18.6. The maximum absolute atomic E-state index is 2.47. The lowest BCUT2D eigenvalue weighted by atomic mass is 9.74. The Hall–Kier alpha value is -8.00. The zero-order valence-corrected chi connectivity index (χ0v) is 37.5. The first-order valence-corrected chi connectivity index (χ1v) is 23.2. The van der Waals surface area contributed by atoms with E-state index in [4.69, 9.17) is 0 Å². The van der Waals surface area contributed by atoms with Gasteiger partial charge in [0.25, 0.3) is 0 Å². The lowest BCUT2D eigenvalue weighted by molar-refractivity contribution is 0.660. The Morgan fingerprint density at radius 2 is 0.818 bits per heavy atom. The lowest BCUT2D eigenvalue weighted by Gasteiger charge is -2.30. The highest BCUT2D eigenvalue weighted by Gasteiger charge is 2.41. The highest BCUT2D eigenvalue weighted by atomic mass is 15.1. The first-order chi connectivity index (χ1) is 32.4. The molecule has 66 heavy (non-hydrogen) atoms. The molecular formula is C65H49N. The van der Waals surface area contributed by atoms with Crippen molar-refractivity contribution in [3.8, 4) is 66.8 Å². The van der Waals surface area contributed by atoms with Crippen LogP contribution in [0.1, 0.15) is 48.6 Å². The minimum Gasteiger partial charge on any atom is -0.310 e. The largest absolute Gasteiger partial charge is 0.310 e. The Kier molecular flexibility index (Phi) is 9.36. The topological polar surface area (TPSA) is 3.24 Å². The van der Waals surface area contributed by atoms with Gasteiger partial charge in [-0.1, -0.05) is 220 Å². The van der Waals surface area contributed by atoms with Crippen LogP contribution in [-0.4, -0.2) is 0 Å². The molecule has 1 nitrogen and oxygen atoms in total. The van der Waals surface area contributed by atoms with Gasteiger partial charge < -0.3 is 4.90 Å². The van der Waals surface area contributed by atoms with Crippen molar-refractivity contribution < 1.29 is 0 Å².